The van der Waals surface area contributed by atoms with Gasteiger partial charge in [0.25, 0.3) is 0 Å². The quantitative estimate of drug-likeness (QED) is 0.530. The molecule has 1 nitrogen and oxygen atoms in total. The SMILES string of the molecule is CCOC1[CH]CCC1. The maximum Gasteiger partial charge on any atom is 0.0606 e. The van der Waals surface area contributed by atoms with Crippen molar-refractivity contribution in [2.45, 2.75) is 32.3 Å². The number of hydrogen-bond acceptors (Lipinski definition) is 1. The Morgan fingerprint density at radius 1 is 1.75 bits per heavy atom. The van der Waals surface area contributed by atoms with Crippen molar-refractivity contribution in [1.82, 2.24) is 0 Å². The summed E-state index contributed by atoms with van der Waals surface area (Å²) < 4.78 is 5.35. The summed E-state index contributed by atoms with van der Waals surface area (Å²) in [5.41, 5.74) is 0. The van der Waals surface area contributed by atoms with Gasteiger partial charge in [0.05, 0.1) is 6.10 Å². The molecule has 0 amide bonds. The molecule has 0 aromatic rings. The molecule has 1 fully saturated rings. The van der Waals surface area contributed by atoms with E-state index < -0.39 is 0 Å². The van der Waals surface area contributed by atoms with Gasteiger partial charge >= 0.3 is 0 Å². The van der Waals surface area contributed by atoms with Crippen LogP contribution in [-0.4, -0.2) is 12.7 Å². The molecule has 1 saturated carbocycles. The van der Waals surface area contributed by atoms with Crippen molar-refractivity contribution in [1.29, 1.82) is 0 Å². The van der Waals surface area contributed by atoms with E-state index in [1.54, 1.807) is 0 Å². The average molecular weight is 113 g/mol. The third-order valence-electron chi connectivity index (χ3n) is 1.50. The number of hydrogen-bond donors (Lipinski definition) is 0. The Morgan fingerprint density at radius 2 is 2.62 bits per heavy atom. The van der Waals surface area contributed by atoms with Crippen LogP contribution in [0.1, 0.15) is 26.2 Å². The zero-order chi connectivity index (χ0) is 5.82. The van der Waals surface area contributed by atoms with Crippen molar-refractivity contribution in [2.75, 3.05) is 6.61 Å². The standard InChI is InChI=1S/C7H13O/c1-2-8-7-5-3-4-6-7/h5,7H,2-4,6H2,1H3. The fourth-order valence-corrected chi connectivity index (χ4v) is 1.11. The monoisotopic (exact) mass is 113 g/mol. The van der Waals surface area contributed by atoms with Crippen molar-refractivity contribution in [3.63, 3.8) is 0 Å². The van der Waals surface area contributed by atoms with Gasteiger partial charge in [-0.25, -0.2) is 0 Å². The molecule has 1 unspecified atom stereocenters. The summed E-state index contributed by atoms with van der Waals surface area (Å²) in [5.74, 6) is 0. The van der Waals surface area contributed by atoms with Crippen molar-refractivity contribution >= 4 is 0 Å². The minimum atomic E-state index is 0.486. The molecule has 1 aliphatic rings. The molecule has 47 valence electrons. The van der Waals surface area contributed by atoms with Gasteiger partial charge < -0.3 is 4.74 Å². The van der Waals surface area contributed by atoms with Crippen molar-refractivity contribution in [3.8, 4) is 0 Å². The smallest absolute Gasteiger partial charge is 0.0606 e. The van der Waals surface area contributed by atoms with E-state index in [9.17, 15) is 0 Å². The topological polar surface area (TPSA) is 9.23 Å². The van der Waals surface area contributed by atoms with E-state index in [2.05, 4.69) is 6.42 Å². The van der Waals surface area contributed by atoms with Crippen LogP contribution in [0.25, 0.3) is 0 Å². The molecule has 0 saturated heterocycles. The first kappa shape index (κ1) is 6.09. The van der Waals surface area contributed by atoms with Gasteiger partial charge in [-0.15, -0.1) is 0 Å². The molecule has 1 aliphatic carbocycles. The molecule has 0 aliphatic heterocycles. The molecule has 0 spiro atoms. The van der Waals surface area contributed by atoms with Crippen LogP contribution < -0.4 is 0 Å². The Morgan fingerprint density at radius 3 is 3.12 bits per heavy atom. The third kappa shape index (κ3) is 1.48. The molecule has 8 heavy (non-hydrogen) atoms. The molecule has 0 aromatic carbocycles. The fourth-order valence-electron chi connectivity index (χ4n) is 1.11. The van der Waals surface area contributed by atoms with Gasteiger partial charge in [-0.1, -0.05) is 6.42 Å². The van der Waals surface area contributed by atoms with E-state index in [1.807, 2.05) is 6.92 Å². The van der Waals surface area contributed by atoms with E-state index in [4.69, 9.17) is 4.74 Å². The summed E-state index contributed by atoms with van der Waals surface area (Å²) in [6, 6.07) is 0. The first-order valence-electron chi connectivity index (χ1n) is 3.38. The largest absolute Gasteiger partial charge is 0.378 e. The van der Waals surface area contributed by atoms with E-state index in [0.29, 0.717) is 6.10 Å². The van der Waals surface area contributed by atoms with Crippen molar-refractivity contribution in [3.05, 3.63) is 6.42 Å². The van der Waals surface area contributed by atoms with E-state index in [0.717, 1.165) is 6.61 Å². The fraction of sp³-hybridized carbons (Fsp3) is 0.857. The first-order valence-corrected chi connectivity index (χ1v) is 3.38. The highest BCUT2D eigenvalue weighted by atomic mass is 16.5. The van der Waals surface area contributed by atoms with Gasteiger partial charge in [0.1, 0.15) is 0 Å². The number of ether oxygens (including phenoxy) is 1. The van der Waals surface area contributed by atoms with Crippen LogP contribution in [0.15, 0.2) is 0 Å². The third-order valence-corrected chi connectivity index (χ3v) is 1.50. The van der Waals surface area contributed by atoms with Crippen LogP contribution in [-0.2, 0) is 4.74 Å². The second kappa shape index (κ2) is 3.08. The second-order valence-electron chi connectivity index (χ2n) is 2.16. The summed E-state index contributed by atoms with van der Waals surface area (Å²) >= 11 is 0. The van der Waals surface area contributed by atoms with Crippen molar-refractivity contribution in [2.24, 2.45) is 0 Å². The normalized spacial score (nSPS) is 22.1. The second-order valence-corrected chi connectivity index (χ2v) is 2.16. The highest BCUT2D eigenvalue weighted by molar-refractivity contribution is 4.83. The predicted molar refractivity (Wildman–Crippen MR) is 33.6 cm³/mol. The molecule has 0 N–H and O–H groups in total. The Kier molecular flexibility index (Phi) is 2.34. The predicted octanol–water partition coefficient (Wildman–Crippen LogP) is 1.78. The van der Waals surface area contributed by atoms with E-state index >= 15 is 0 Å². The molecule has 1 heteroatoms. The van der Waals surface area contributed by atoms with Gasteiger partial charge in [-0.05, 0) is 26.2 Å². The van der Waals surface area contributed by atoms with E-state index in [-0.39, 0.29) is 0 Å². The summed E-state index contributed by atoms with van der Waals surface area (Å²) in [4.78, 5) is 0. The highest BCUT2D eigenvalue weighted by Gasteiger charge is 2.13. The molecule has 0 bridgehead atoms. The van der Waals surface area contributed by atoms with Crippen molar-refractivity contribution < 1.29 is 4.74 Å². The molecule has 1 rings (SSSR count). The molecule has 1 radical (unpaired) electrons. The van der Waals surface area contributed by atoms with Gasteiger partial charge in [-0.3, -0.25) is 0 Å². The van der Waals surface area contributed by atoms with Crippen LogP contribution in [0.2, 0.25) is 0 Å². The van der Waals surface area contributed by atoms with Crippen LogP contribution in [0.3, 0.4) is 0 Å². The Labute approximate surface area is 51.0 Å². The van der Waals surface area contributed by atoms with Crippen LogP contribution >= 0.6 is 0 Å². The summed E-state index contributed by atoms with van der Waals surface area (Å²) in [5, 5.41) is 0. The molecule has 0 aromatic heterocycles. The van der Waals surface area contributed by atoms with Crippen LogP contribution in [0, 0.1) is 6.42 Å². The molecule has 0 heterocycles. The first-order chi connectivity index (χ1) is 3.93. The zero-order valence-electron chi connectivity index (χ0n) is 5.39. The summed E-state index contributed by atoms with van der Waals surface area (Å²) in [6.07, 6.45) is 6.58. The lowest BCUT2D eigenvalue weighted by Gasteiger charge is -2.06. The Balaban J connectivity index is 2.06. The zero-order valence-corrected chi connectivity index (χ0v) is 5.39. The maximum absolute atomic E-state index is 5.35. The lowest BCUT2D eigenvalue weighted by molar-refractivity contribution is 0.0906. The van der Waals surface area contributed by atoms with Crippen LogP contribution in [0.4, 0.5) is 0 Å². The number of rotatable bonds is 2. The van der Waals surface area contributed by atoms with Gasteiger partial charge in [0.15, 0.2) is 0 Å². The average Bonchev–Trinajstić information content (AvgIpc) is 2.19. The van der Waals surface area contributed by atoms with Crippen LogP contribution in [0.5, 0.6) is 0 Å². The summed E-state index contributed by atoms with van der Waals surface area (Å²) in [6.45, 7) is 2.91. The minimum absolute atomic E-state index is 0.486. The lowest BCUT2D eigenvalue weighted by Crippen LogP contribution is -2.06. The van der Waals surface area contributed by atoms with Gasteiger partial charge in [0, 0.05) is 6.61 Å². The van der Waals surface area contributed by atoms with E-state index in [1.165, 1.54) is 19.3 Å². The summed E-state index contributed by atoms with van der Waals surface area (Å²) in [7, 11) is 0. The molecule has 1 atom stereocenters. The maximum atomic E-state index is 5.35. The molecular formula is C7H13O. The lowest BCUT2D eigenvalue weighted by atomic mass is 10.3. The molecular weight excluding hydrogens is 100 g/mol. The Bertz CT molecular complexity index is 55.4. The van der Waals surface area contributed by atoms with Gasteiger partial charge in [0.2, 0.25) is 0 Å². The Hall–Kier alpha value is -0.0400. The minimum Gasteiger partial charge on any atom is -0.378 e. The van der Waals surface area contributed by atoms with Gasteiger partial charge in [-0.2, -0.15) is 0 Å². The highest BCUT2D eigenvalue weighted by Crippen LogP contribution is 2.19.